The molecule has 5 heteroatoms. The van der Waals surface area contributed by atoms with Crippen molar-refractivity contribution in [1.29, 1.82) is 0 Å². The Morgan fingerprint density at radius 3 is 2.50 bits per heavy atom. The quantitative estimate of drug-likeness (QED) is 0.720. The van der Waals surface area contributed by atoms with E-state index in [1.165, 1.54) is 12.1 Å². The summed E-state index contributed by atoms with van der Waals surface area (Å²) < 4.78 is 18.6. The van der Waals surface area contributed by atoms with Crippen molar-refractivity contribution in [2.75, 3.05) is 12.3 Å². The Bertz CT molecular complexity index is 738. The average Bonchev–Trinajstić information content (AvgIpc) is 2.99. The summed E-state index contributed by atoms with van der Waals surface area (Å²) in [5.41, 5.74) is 8.13. The number of halogens is 1. The van der Waals surface area contributed by atoms with Crippen LogP contribution in [-0.4, -0.2) is 11.6 Å². The second-order valence-corrected chi connectivity index (χ2v) is 5.74. The molecule has 22 heavy (non-hydrogen) atoms. The molecule has 0 spiro atoms. The van der Waals surface area contributed by atoms with E-state index < -0.39 is 0 Å². The number of hydrogen-bond donors (Lipinski definition) is 1. The van der Waals surface area contributed by atoms with Crippen molar-refractivity contribution in [3.63, 3.8) is 0 Å². The third-order valence-corrected chi connectivity index (χ3v) is 4.07. The van der Waals surface area contributed by atoms with Crippen LogP contribution in [0.4, 0.5) is 10.1 Å². The predicted molar refractivity (Wildman–Crippen MR) is 87.6 cm³/mol. The van der Waals surface area contributed by atoms with E-state index in [1.807, 2.05) is 29.6 Å². The van der Waals surface area contributed by atoms with Gasteiger partial charge in [0, 0.05) is 23.1 Å². The summed E-state index contributed by atoms with van der Waals surface area (Å²) in [6.07, 6.45) is 0.732. The second kappa shape index (κ2) is 6.58. The van der Waals surface area contributed by atoms with Crippen molar-refractivity contribution >= 4 is 17.0 Å². The lowest BCUT2D eigenvalue weighted by Gasteiger charge is -2.04. The first-order valence-electron chi connectivity index (χ1n) is 6.89. The maximum absolute atomic E-state index is 12.9. The van der Waals surface area contributed by atoms with Crippen LogP contribution < -0.4 is 10.5 Å². The molecule has 3 aromatic rings. The first-order chi connectivity index (χ1) is 10.7. The van der Waals surface area contributed by atoms with E-state index in [0.717, 1.165) is 34.1 Å². The highest BCUT2D eigenvalue weighted by atomic mass is 32.1. The van der Waals surface area contributed by atoms with Crippen LogP contribution >= 0.6 is 11.3 Å². The van der Waals surface area contributed by atoms with Gasteiger partial charge in [-0.1, -0.05) is 0 Å². The fourth-order valence-corrected chi connectivity index (χ4v) is 2.79. The maximum atomic E-state index is 12.9. The van der Waals surface area contributed by atoms with Crippen LogP contribution in [-0.2, 0) is 6.42 Å². The standard InChI is InChI=1S/C17H15FN2OS/c18-13-3-1-12(2-4-13)16-11-22-17(20-16)9-10-21-15-7-5-14(19)6-8-15/h1-8,11H,9-10,19H2. The van der Waals surface area contributed by atoms with Gasteiger partial charge in [0.2, 0.25) is 0 Å². The van der Waals surface area contributed by atoms with Crippen molar-refractivity contribution in [3.8, 4) is 17.0 Å². The van der Waals surface area contributed by atoms with E-state index >= 15 is 0 Å². The van der Waals surface area contributed by atoms with E-state index in [9.17, 15) is 4.39 Å². The molecule has 3 nitrogen and oxygen atoms in total. The van der Waals surface area contributed by atoms with Crippen LogP contribution in [0.1, 0.15) is 5.01 Å². The monoisotopic (exact) mass is 314 g/mol. The minimum Gasteiger partial charge on any atom is -0.493 e. The minimum absolute atomic E-state index is 0.240. The van der Waals surface area contributed by atoms with Crippen LogP contribution in [0.2, 0.25) is 0 Å². The van der Waals surface area contributed by atoms with Crippen LogP contribution in [0.25, 0.3) is 11.3 Å². The van der Waals surface area contributed by atoms with Gasteiger partial charge in [0.15, 0.2) is 0 Å². The zero-order valence-corrected chi connectivity index (χ0v) is 12.6. The molecule has 0 saturated carbocycles. The number of nitrogens with zero attached hydrogens (tertiary/aromatic N) is 1. The molecular weight excluding hydrogens is 299 g/mol. The third kappa shape index (κ3) is 3.62. The zero-order chi connectivity index (χ0) is 15.4. The first kappa shape index (κ1) is 14.5. The fraction of sp³-hybridized carbons (Fsp3) is 0.118. The van der Waals surface area contributed by atoms with Gasteiger partial charge in [-0.15, -0.1) is 11.3 Å². The van der Waals surface area contributed by atoms with E-state index in [-0.39, 0.29) is 5.82 Å². The summed E-state index contributed by atoms with van der Waals surface area (Å²) in [7, 11) is 0. The molecule has 2 N–H and O–H groups in total. The van der Waals surface area contributed by atoms with Crippen LogP contribution in [0.15, 0.2) is 53.9 Å². The number of rotatable bonds is 5. The van der Waals surface area contributed by atoms with Gasteiger partial charge in [0.25, 0.3) is 0 Å². The fourth-order valence-electron chi connectivity index (χ4n) is 2.00. The number of benzene rings is 2. The van der Waals surface area contributed by atoms with Gasteiger partial charge in [-0.2, -0.15) is 0 Å². The molecule has 1 heterocycles. The Balaban J connectivity index is 1.57. The van der Waals surface area contributed by atoms with E-state index in [2.05, 4.69) is 4.98 Å². The number of thiazole rings is 1. The number of ether oxygens (including phenoxy) is 1. The molecule has 3 rings (SSSR count). The molecule has 0 atom stereocenters. The zero-order valence-electron chi connectivity index (χ0n) is 11.8. The first-order valence-corrected chi connectivity index (χ1v) is 7.77. The van der Waals surface area contributed by atoms with Gasteiger partial charge in [-0.3, -0.25) is 0 Å². The number of anilines is 1. The lowest BCUT2D eigenvalue weighted by atomic mass is 10.2. The number of hydrogen-bond acceptors (Lipinski definition) is 4. The Morgan fingerprint density at radius 1 is 1.05 bits per heavy atom. The smallest absolute Gasteiger partial charge is 0.123 e. The van der Waals surface area contributed by atoms with E-state index in [0.29, 0.717) is 6.61 Å². The Morgan fingerprint density at radius 2 is 1.77 bits per heavy atom. The Kier molecular flexibility index (Phi) is 4.34. The van der Waals surface area contributed by atoms with Gasteiger partial charge >= 0.3 is 0 Å². The molecule has 0 unspecified atom stereocenters. The van der Waals surface area contributed by atoms with Crippen molar-refractivity contribution in [1.82, 2.24) is 4.98 Å². The van der Waals surface area contributed by atoms with Gasteiger partial charge in [0.1, 0.15) is 11.6 Å². The van der Waals surface area contributed by atoms with Crippen molar-refractivity contribution in [2.45, 2.75) is 6.42 Å². The van der Waals surface area contributed by atoms with Crippen molar-refractivity contribution in [3.05, 3.63) is 64.7 Å². The number of nitrogen functional groups attached to an aromatic ring is 1. The van der Waals surface area contributed by atoms with Gasteiger partial charge < -0.3 is 10.5 Å². The summed E-state index contributed by atoms with van der Waals surface area (Å²) in [5, 5.41) is 2.97. The maximum Gasteiger partial charge on any atom is 0.123 e. The molecule has 0 amide bonds. The molecule has 0 fully saturated rings. The van der Waals surface area contributed by atoms with Gasteiger partial charge in [-0.25, -0.2) is 9.37 Å². The summed E-state index contributed by atoms with van der Waals surface area (Å²) in [6.45, 7) is 0.556. The van der Waals surface area contributed by atoms with Crippen LogP contribution in [0, 0.1) is 5.82 Å². The highest BCUT2D eigenvalue weighted by molar-refractivity contribution is 7.09. The third-order valence-electron chi connectivity index (χ3n) is 3.16. The summed E-state index contributed by atoms with van der Waals surface area (Å²) in [6, 6.07) is 13.7. The second-order valence-electron chi connectivity index (χ2n) is 4.80. The van der Waals surface area contributed by atoms with Crippen molar-refractivity contribution in [2.24, 2.45) is 0 Å². The molecule has 1 aromatic heterocycles. The molecule has 0 aliphatic rings. The van der Waals surface area contributed by atoms with E-state index in [1.54, 1.807) is 23.5 Å². The molecule has 0 bridgehead atoms. The normalized spacial score (nSPS) is 10.6. The largest absolute Gasteiger partial charge is 0.493 e. The topological polar surface area (TPSA) is 48.1 Å². The van der Waals surface area contributed by atoms with E-state index in [4.69, 9.17) is 10.5 Å². The molecular formula is C17H15FN2OS. The highest BCUT2D eigenvalue weighted by Crippen LogP contribution is 2.22. The lowest BCUT2D eigenvalue weighted by molar-refractivity contribution is 0.322. The SMILES string of the molecule is Nc1ccc(OCCc2nc(-c3ccc(F)cc3)cs2)cc1. The lowest BCUT2D eigenvalue weighted by Crippen LogP contribution is -2.01. The molecule has 0 radical (unpaired) electrons. The molecule has 0 aliphatic carbocycles. The van der Waals surface area contributed by atoms with Gasteiger partial charge in [0.05, 0.1) is 17.3 Å². The highest BCUT2D eigenvalue weighted by Gasteiger charge is 2.05. The van der Waals surface area contributed by atoms with Gasteiger partial charge in [-0.05, 0) is 48.5 Å². The molecule has 0 aliphatic heterocycles. The summed E-state index contributed by atoms with van der Waals surface area (Å²) in [5.74, 6) is 0.556. The van der Waals surface area contributed by atoms with Crippen LogP contribution in [0.3, 0.4) is 0 Å². The summed E-state index contributed by atoms with van der Waals surface area (Å²) >= 11 is 1.58. The number of nitrogens with two attached hydrogens (primary N) is 1. The molecule has 112 valence electrons. The Hall–Kier alpha value is -2.40. The Labute approximate surface area is 132 Å². The predicted octanol–water partition coefficient (Wildman–Crippen LogP) is 4.15. The van der Waals surface area contributed by atoms with Crippen molar-refractivity contribution < 1.29 is 9.13 Å². The number of aromatic nitrogens is 1. The van der Waals surface area contributed by atoms with Crippen LogP contribution in [0.5, 0.6) is 5.75 Å². The average molecular weight is 314 g/mol. The summed E-state index contributed by atoms with van der Waals surface area (Å²) in [4.78, 5) is 4.55. The minimum atomic E-state index is -0.240. The molecule has 2 aromatic carbocycles. The molecule has 0 saturated heterocycles.